The minimum Gasteiger partial charge on any atom is -0.546 e. The SMILES string of the molecule is COC(=O)C/C(C=C(OC)OC)=C(\C)O[Si](C)(C)C(C)(C)C. The molecule has 0 rings (SSSR count). The molecule has 128 valence electrons. The summed E-state index contributed by atoms with van der Waals surface area (Å²) in [5.41, 5.74) is 0.690. The molecule has 0 atom stereocenters. The van der Waals surface area contributed by atoms with Crippen LogP contribution in [-0.2, 0) is 23.4 Å². The molecule has 0 amide bonds. The molecule has 5 nitrogen and oxygen atoms in total. The third-order valence-corrected chi connectivity index (χ3v) is 8.35. The normalized spacial score (nSPS) is 13.0. The van der Waals surface area contributed by atoms with E-state index < -0.39 is 8.32 Å². The summed E-state index contributed by atoms with van der Waals surface area (Å²) in [6.07, 6.45) is 1.77. The van der Waals surface area contributed by atoms with E-state index in [-0.39, 0.29) is 17.4 Å². The van der Waals surface area contributed by atoms with Crippen molar-refractivity contribution in [3.05, 3.63) is 23.4 Å². The largest absolute Gasteiger partial charge is 0.546 e. The molecular formula is C16H30O5Si. The molecule has 0 bridgehead atoms. The van der Waals surface area contributed by atoms with Crippen molar-refractivity contribution in [1.82, 2.24) is 0 Å². The highest BCUT2D eigenvalue weighted by molar-refractivity contribution is 6.74. The van der Waals surface area contributed by atoms with Gasteiger partial charge in [0.05, 0.1) is 33.5 Å². The Bertz CT molecular complexity index is 438. The summed E-state index contributed by atoms with van der Waals surface area (Å²) in [5, 5.41) is 0.0691. The first-order chi connectivity index (χ1) is 9.98. The summed E-state index contributed by atoms with van der Waals surface area (Å²) in [6.45, 7) is 12.7. The zero-order chi connectivity index (χ0) is 17.6. The standard InChI is InChI=1S/C16H30O5Si/c1-12(21-22(8,9)16(2,3)4)13(10-14(17)18-5)11-15(19-6)20-7/h11H,10H2,1-9H3/b13-12-. The molecular weight excluding hydrogens is 300 g/mol. The number of hydrogen-bond donors (Lipinski definition) is 0. The molecule has 0 aliphatic heterocycles. The van der Waals surface area contributed by atoms with Crippen LogP contribution in [0.4, 0.5) is 0 Å². The molecule has 0 heterocycles. The summed E-state index contributed by atoms with van der Waals surface area (Å²) < 4.78 is 21.2. The van der Waals surface area contributed by atoms with Gasteiger partial charge in [0, 0.05) is 11.6 Å². The van der Waals surface area contributed by atoms with E-state index in [2.05, 4.69) is 33.9 Å². The number of allylic oxidation sites excluding steroid dienone is 2. The molecule has 22 heavy (non-hydrogen) atoms. The molecule has 0 aromatic rings. The molecule has 0 fully saturated rings. The van der Waals surface area contributed by atoms with Gasteiger partial charge in [0.1, 0.15) is 0 Å². The maximum atomic E-state index is 11.6. The van der Waals surface area contributed by atoms with E-state index in [1.165, 1.54) is 21.3 Å². The zero-order valence-corrected chi connectivity index (χ0v) is 16.3. The van der Waals surface area contributed by atoms with Crippen molar-refractivity contribution in [1.29, 1.82) is 0 Å². The van der Waals surface area contributed by atoms with Gasteiger partial charge in [0.25, 0.3) is 5.95 Å². The molecule has 0 saturated carbocycles. The number of rotatable bonds is 7. The van der Waals surface area contributed by atoms with Gasteiger partial charge in [-0.3, -0.25) is 4.79 Å². The van der Waals surface area contributed by atoms with Gasteiger partial charge in [0.2, 0.25) is 8.32 Å². The fraction of sp³-hybridized carbons (Fsp3) is 0.688. The number of ether oxygens (including phenoxy) is 3. The number of esters is 1. The van der Waals surface area contributed by atoms with Crippen molar-refractivity contribution in [3.63, 3.8) is 0 Å². The lowest BCUT2D eigenvalue weighted by molar-refractivity contribution is -0.139. The summed E-state index contributed by atoms with van der Waals surface area (Å²) in [7, 11) is 2.40. The first kappa shape index (κ1) is 20.6. The molecule has 0 unspecified atom stereocenters. The molecule has 0 N–H and O–H groups in total. The average Bonchev–Trinajstić information content (AvgIpc) is 2.41. The summed E-state index contributed by atoms with van der Waals surface area (Å²) >= 11 is 0. The van der Waals surface area contributed by atoms with Gasteiger partial charge < -0.3 is 18.6 Å². The quantitative estimate of drug-likeness (QED) is 0.306. The highest BCUT2D eigenvalue weighted by Gasteiger charge is 2.39. The second-order valence-corrected chi connectivity index (χ2v) is 11.3. The van der Waals surface area contributed by atoms with Gasteiger partial charge >= 0.3 is 5.97 Å². The molecule has 6 heteroatoms. The maximum Gasteiger partial charge on any atom is 0.310 e. The van der Waals surface area contributed by atoms with Crippen LogP contribution < -0.4 is 0 Å². The molecule has 0 aromatic heterocycles. The van der Waals surface area contributed by atoms with Crippen molar-refractivity contribution < 1.29 is 23.4 Å². The first-order valence-corrected chi connectivity index (χ1v) is 10.1. The van der Waals surface area contributed by atoms with Crippen LogP contribution in [0.2, 0.25) is 18.1 Å². The van der Waals surface area contributed by atoms with E-state index in [1.54, 1.807) is 6.08 Å². The summed E-state index contributed by atoms with van der Waals surface area (Å²) in [5.74, 6) is 0.677. The second kappa shape index (κ2) is 8.27. The molecule has 0 radical (unpaired) electrons. The minimum atomic E-state index is -1.98. The van der Waals surface area contributed by atoms with Gasteiger partial charge in [-0.25, -0.2) is 0 Å². The Morgan fingerprint density at radius 1 is 1.05 bits per heavy atom. The predicted octanol–water partition coefficient (Wildman–Crippen LogP) is 3.98. The number of carbonyl (C=O) groups excluding carboxylic acids is 1. The van der Waals surface area contributed by atoms with Gasteiger partial charge in [-0.05, 0) is 25.1 Å². The van der Waals surface area contributed by atoms with E-state index >= 15 is 0 Å². The van der Waals surface area contributed by atoms with E-state index in [9.17, 15) is 4.79 Å². The highest BCUT2D eigenvalue weighted by Crippen LogP contribution is 2.38. The second-order valence-electron chi connectivity index (χ2n) is 6.57. The van der Waals surface area contributed by atoms with Crippen LogP contribution in [0.3, 0.4) is 0 Å². The Balaban J connectivity index is 5.62. The number of methoxy groups -OCH3 is 3. The van der Waals surface area contributed by atoms with Crippen LogP contribution >= 0.6 is 0 Å². The average molecular weight is 330 g/mol. The lowest BCUT2D eigenvalue weighted by Gasteiger charge is -2.37. The van der Waals surface area contributed by atoms with E-state index in [0.717, 1.165) is 0 Å². The lowest BCUT2D eigenvalue weighted by Crippen LogP contribution is -2.40. The minimum absolute atomic E-state index is 0.0691. The Morgan fingerprint density at radius 3 is 1.91 bits per heavy atom. The van der Waals surface area contributed by atoms with Crippen molar-refractivity contribution >= 4 is 14.3 Å². The van der Waals surface area contributed by atoms with E-state index in [4.69, 9.17) is 18.6 Å². The molecule has 0 aromatic carbocycles. The Hall–Kier alpha value is -1.43. The maximum absolute atomic E-state index is 11.6. The topological polar surface area (TPSA) is 54.0 Å². The lowest BCUT2D eigenvalue weighted by atomic mass is 10.1. The van der Waals surface area contributed by atoms with Gasteiger partial charge in [0.15, 0.2) is 0 Å². The number of hydrogen-bond acceptors (Lipinski definition) is 5. The summed E-state index contributed by atoms with van der Waals surface area (Å²) in [4.78, 5) is 11.6. The van der Waals surface area contributed by atoms with Crippen LogP contribution in [0.1, 0.15) is 34.1 Å². The molecule has 0 spiro atoms. The van der Waals surface area contributed by atoms with Crippen molar-refractivity contribution in [2.75, 3.05) is 21.3 Å². The molecule has 0 saturated heterocycles. The summed E-state index contributed by atoms with van der Waals surface area (Å²) in [6, 6.07) is 0. The van der Waals surface area contributed by atoms with Crippen molar-refractivity contribution in [2.24, 2.45) is 0 Å². The zero-order valence-electron chi connectivity index (χ0n) is 15.3. The monoisotopic (exact) mass is 330 g/mol. The van der Waals surface area contributed by atoms with Crippen LogP contribution in [-0.4, -0.2) is 35.6 Å². The Labute approximate surface area is 135 Å². The van der Waals surface area contributed by atoms with Gasteiger partial charge in [-0.2, -0.15) is 0 Å². The smallest absolute Gasteiger partial charge is 0.310 e. The molecule has 0 aliphatic rings. The fourth-order valence-corrected chi connectivity index (χ4v) is 2.65. The van der Waals surface area contributed by atoms with Crippen LogP contribution in [0.5, 0.6) is 0 Å². The van der Waals surface area contributed by atoms with Gasteiger partial charge in [-0.1, -0.05) is 20.8 Å². The predicted molar refractivity (Wildman–Crippen MR) is 89.7 cm³/mol. The van der Waals surface area contributed by atoms with Gasteiger partial charge in [-0.15, -0.1) is 0 Å². The van der Waals surface area contributed by atoms with E-state index in [0.29, 0.717) is 17.3 Å². The number of carbonyl (C=O) groups is 1. The highest BCUT2D eigenvalue weighted by atomic mass is 28.4. The third-order valence-electron chi connectivity index (χ3n) is 3.92. The van der Waals surface area contributed by atoms with Crippen LogP contribution in [0.25, 0.3) is 0 Å². The van der Waals surface area contributed by atoms with E-state index in [1.807, 2.05) is 6.92 Å². The van der Waals surface area contributed by atoms with Crippen molar-refractivity contribution in [2.45, 2.75) is 52.2 Å². The third kappa shape index (κ3) is 6.13. The van der Waals surface area contributed by atoms with Crippen LogP contribution in [0, 0.1) is 0 Å². The Morgan fingerprint density at radius 2 is 1.55 bits per heavy atom. The van der Waals surface area contributed by atoms with Crippen LogP contribution in [0.15, 0.2) is 23.4 Å². The fourth-order valence-electron chi connectivity index (χ4n) is 1.45. The Kier molecular flexibility index (Phi) is 7.73. The molecule has 0 aliphatic carbocycles. The van der Waals surface area contributed by atoms with Crippen molar-refractivity contribution in [3.8, 4) is 0 Å². The first-order valence-electron chi connectivity index (χ1n) is 7.23.